The average Bonchev–Trinajstić information content (AvgIpc) is 2.18. The molecule has 0 aromatic heterocycles. The number of nitrogens with zero attached hydrogens (tertiary/aromatic N) is 2. The Morgan fingerprint density at radius 1 is 1.31 bits per heavy atom. The zero-order valence-corrected chi connectivity index (χ0v) is 8.58. The molecule has 1 aliphatic heterocycles. The van der Waals surface area contributed by atoms with Crippen LogP contribution in [0.25, 0.3) is 0 Å². The van der Waals surface area contributed by atoms with E-state index in [1.54, 1.807) is 0 Å². The van der Waals surface area contributed by atoms with Gasteiger partial charge in [-0.1, -0.05) is 0 Å². The Kier molecular flexibility index (Phi) is 4.66. The number of nitrogens with two attached hydrogens (primary N) is 2. The van der Waals surface area contributed by atoms with Gasteiger partial charge >= 0.3 is 0 Å². The lowest BCUT2D eigenvalue weighted by Crippen LogP contribution is -2.46. The average molecular weight is 186 g/mol. The van der Waals surface area contributed by atoms with Crippen LogP contribution in [-0.2, 0) is 0 Å². The van der Waals surface area contributed by atoms with E-state index >= 15 is 0 Å². The van der Waals surface area contributed by atoms with Gasteiger partial charge in [0.05, 0.1) is 0 Å². The van der Waals surface area contributed by atoms with Gasteiger partial charge in [0.25, 0.3) is 0 Å². The lowest BCUT2D eigenvalue weighted by molar-refractivity contribution is 0.132. The first-order valence-electron chi connectivity index (χ1n) is 5.10. The Balaban J connectivity index is 2.22. The second kappa shape index (κ2) is 5.54. The van der Waals surface area contributed by atoms with Crippen LogP contribution in [0.1, 0.15) is 12.8 Å². The van der Waals surface area contributed by atoms with Crippen molar-refractivity contribution in [3.63, 3.8) is 0 Å². The summed E-state index contributed by atoms with van der Waals surface area (Å²) in [6.45, 7) is 4.83. The van der Waals surface area contributed by atoms with Crippen LogP contribution in [0, 0.1) is 0 Å². The molecule has 0 aromatic carbocycles. The summed E-state index contributed by atoms with van der Waals surface area (Å²) in [6.07, 6.45) is 2.46. The van der Waals surface area contributed by atoms with Gasteiger partial charge in [0.15, 0.2) is 0 Å². The molecule has 4 heteroatoms. The predicted molar refractivity (Wildman–Crippen MR) is 55.3 cm³/mol. The summed E-state index contributed by atoms with van der Waals surface area (Å²) in [4.78, 5) is 4.67. The lowest BCUT2D eigenvalue weighted by atomic mass is 10.0. The van der Waals surface area contributed by atoms with Crippen LogP contribution in [0.5, 0.6) is 0 Å². The van der Waals surface area contributed by atoms with E-state index in [1.807, 2.05) is 0 Å². The molecule has 0 saturated carbocycles. The first-order chi connectivity index (χ1) is 6.27. The number of rotatable bonds is 4. The van der Waals surface area contributed by atoms with Crippen molar-refractivity contribution in [2.24, 2.45) is 11.5 Å². The van der Waals surface area contributed by atoms with Gasteiger partial charge in [-0.15, -0.1) is 0 Å². The molecule has 0 amide bonds. The Hall–Kier alpha value is -0.160. The maximum absolute atomic E-state index is 5.59. The van der Waals surface area contributed by atoms with E-state index in [1.165, 1.54) is 25.9 Å². The van der Waals surface area contributed by atoms with Crippen molar-refractivity contribution >= 4 is 0 Å². The third-order valence-electron chi connectivity index (χ3n) is 2.91. The molecule has 1 aliphatic rings. The highest BCUT2D eigenvalue weighted by Crippen LogP contribution is 2.13. The van der Waals surface area contributed by atoms with Gasteiger partial charge in [-0.05, 0) is 33.0 Å². The summed E-state index contributed by atoms with van der Waals surface area (Å²) in [5.41, 5.74) is 11.1. The van der Waals surface area contributed by atoms with Crippen LogP contribution in [0.15, 0.2) is 0 Å². The topological polar surface area (TPSA) is 58.5 Å². The van der Waals surface area contributed by atoms with Gasteiger partial charge in [-0.25, -0.2) is 0 Å². The van der Waals surface area contributed by atoms with Crippen LogP contribution in [-0.4, -0.2) is 55.7 Å². The van der Waals surface area contributed by atoms with Gasteiger partial charge in [0.1, 0.15) is 0 Å². The van der Waals surface area contributed by atoms with Crippen LogP contribution in [0.2, 0.25) is 0 Å². The van der Waals surface area contributed by atoms with E-state index in [0.717, 1.165) is 13.1 Å². The summed E-state index contributed by atoms with van der Waals surface area (Å²) in [6, 6.07) is 0.680. The summed E-state index contributed by atoms with van der Waals surface area (Å²) in [5.74, 6) is 0. The van der Waals surface area contributed by atoms with Crippen LogP contribution in [0.4, 0.5) is 0 Å². The molecule has 0 aromatic rings. The highest BCUT2D eigenvalue weighted by atomic mass is 15.2. The Labute approximate surface area is 80.9 Å². The van der Waals surface area contributed by atoms with Crippen LogP contribution in [0.3, 0.4) is 0 Å². The Morgan fingerprint density at radius 2 is 1.92 bits per heavy atom. The summed E-state index contributed by atoms with van der Waals surface area (Å²) in [5, 5.41) is 0. The predicted octanol–water partition coefficient (Wildman–Crippen LogP) is -0.742. The molecular formula is C9H22N4. The molecule has 1 rings (SSSR count). The van der Waals surface area contributed by atoms with Crippen molar-refractivity contribution in [1.82, 2.24) is 9.80 Å². The quantitative estimate of drug-likeness (QED) is 0.568. The van der Waals surface area contributed by atoms with Crippen LogP contribution >= 0.6 is 0 Å². The SMILES string of the molecule is CN(CN)C1CCN(CCN)CC1. The molecule has 1 heterocycles. The molecule has 0 bridgehead atoms. The van der Waals surface area contributed by atoms with E-state index in [4.69, 9.17) is 11.5 Å². The second-order valence-corrected chi connectivity index (χ2v) is 3.80. The maximum Gasteiger partial charge on any atom is 0.0455 e. The number of piperidine rings is 1. The number of hydrogen-bond acceptors (Lipinski definition) is 4. The molecule has 78 valence electrons. The van der Waals surface area contributed by atoms with Crippen molar-refractivity contribution in [2.75, 3.05) is 39.9 Å². The Bertz CT molecular complexity index is 132. The van der Waals surface area contributed by atoms with E-state index in [9.17, 15) is 0 Å². The van der Waals surface area contributed by atoms with Crippen molar-refractivity contribution < 1.29 is 0 Å². The van der Waals surface area contributed by atoms with E-state index in [0.29, 0.717) is 12.7 Å². The summed E-state index contributed by atoms with van der Waals surface area (Å²) < 4.78 is 0. The van der Waals surface area contributed by atoms with Gasteiger partial charge < -0.3 is 16.4 Å². The largest absolute Gasteiger partial charge is 0.329 e. The molecule has 0 unspecified atom stereocenters. The van der Waals surface area contributed by atoms with E-state index in [-0.39, 0.29) is 0 Å². The smallest absolute Gasteiger partial charge is 0.0455 e. The van der Waals surface area contributed by atoms with Crippen molar-refractivity contribution in [3.8, 4) is 0 Å². The van der Waals surface area contributed by atoms with Crippen molar-refractivity contribution in [1.29, 1.82) is 0 Å². The fraction of sp³-hybridized carbons (Fsp3) is 1.00. The molecular weight excluding hydrogens is 164 g/mol. The molecule has 0 spiro atoms. The van der Waals surface area contributed by atoms with Gasteiger partial charge in [0.2, 0.25) is 0 Å². The Morgan fingerprint density at radius 3 is 2.38 bits per heavy atom. The van der Waals surface area contributed by atoms with Crippen molar-refractivity contribution in [2.45, 2.75) is 18.9 Å². The molecule has 0 radical (unpaired) electrons. The monoisotopic (exact) mass is 186 g/mol. The fourth-order valence-corrected chi connectivity index (χ4v) is 1.92. The highest BCUT2D eigenvalue weighted by Gasteiger charge is 2.20. The minimum Gasteiger partial charge on any atom is -0.329 e. The van der Waals surface area contributed by atoms with Crippen molar-refractivity contribution in [3.05, 3.63) is 0 Å². The van der Waals surface area contributed by atoms with E-state index < -0.39 is 0 Å². The standard InChI is InChI=1S/C9H22N4/c1-12(8-11)9-2-5-13(6-3-9)7-4-10/h9H,2-8,10-11H2,1H3. The molecule has 0 atom stereocenters. The molecule has 4 nitrogen and oxygen atoms in total. The zero-order valence-electron chi connectivity index (χ0n) is 8.58. The molecule has 13 heavy (non-hydrogen) atoms. The highest BCUT2D eigenvalue weighted by molar-refractivity contribution is 4.77. The first-order valence-corrected chi connectivity index (χ1v) is 5.10. The second-order valence-electron chi connectivity index (χ2n) is 3.80. The third kappa shape index (κ3) is 3.23. The van der Waals surface area contributed by atoms with Gasteiger partial charge in [0, 0.05) is 25.8 Å². The maximum atomic E-state index is 5.59. The number of hydrogen-bond donors (Lipinski definition) is 2. The van der Waals surface area contributed by atoms with E-state index in [2.05, 4.69) is 16.8 Å². The lowest BCUT2D eigenvalue weighted by Gasteiger charge is -2.35. The van der Waals surface area contributed by atoms with Gasteiger partial charge in [-0.3, -0.25) is 4.90 Å². The minimum absolute atomic E-state index is 0.668. The summed E-state index contributed by atoms with van der Waals surface area (Å²) in [7, 11) is 2.10. The van der Waals surface area contributed by atoms with Gasteiger partial charge in [-0.2, -0.15) is 0 Å². The minimum atomic E-state index is 0.668. The summed E-state index contributed by atoms with van der Waals surface area (Å²) >= 11 is 0. The zero-order chi connectivity index (χ0) is 9.68. The normalized spacial score (nSPS) is 21.2. The van der Waals surface area contributed by atoms with Crippen LogP contribution < -0.4 is 11.5 Å². The molecule has 0 aliphatic carbocycles. The number of likely N-dealkylation sites (tertiary alicyclic amines) is 1. The molecule has 1 saturated heterocycles. The first kappa shape index (κ1) is 10.9. The fourth-order valence-electron chi connectivity index (χ4n) is 1.92. The third-order valence-corrected chi connectivity index (χ3v) is 2.91. The molecule has 1 fully saturated rings. The molecule has 4 N–H and O–H groups in total.